The Labute approximate surface area is 153 Å². The first kappa shape index (κ1) is 15.7. The molecule has 2 saturated carbocycles. The van der Waals surface area contributed by atoms with Gasteiger partial charge in [0, 0.05) is 18.2 Å². The molecule has 26 heavy (non-hydrogen) atoms. The van der Waals surface area contributed by atoms with Crippen molar-refractivity contribution in [3.8, 4) is 11.5 Å². The Morgan fingerprint density at radius 1 is 1.19 bits per heavy atom. The molecule has 0 aromatic heterocycles. The van der Waals surface area contributed by atoms with Crippen LogP contribution in [0.5, 0.6) is 11.5 Å². The molecule has 2 heterocycles. The van der Waals surface area contributed by atoms with Gasteiger partial charge >= 0.3 is 0 Å². The second-order valence-corrected chi connectivity index (χ2v) is 9.25. The van der Waals surface area contributed by atoms with Crippen molar-refractivity contribution in [1.82, 2.24) is 4.90 Å². The van der Waals surface area contributed by atoms with Crippen molar-refractivity contribution in [3.05, 3.63) is 23.3 Å². The predicted molar refractivity (Wildman–Crippen MR) is 95.4 cm³/mol. The predicted octanol–water partition coefficient (Wildman–Crippen LogP) is 1.71. The number of benzene rings is 1. The Morgan fingerprint density at radius 3 is 2.81 bits per heavy atom. The molecule has 2 bridgehead atoms. The maximum absolute atomic E-state index is 12.1. The first-order valence-corrected chi connectivity index (χ1v) is 10.2. The molecule has 3 fully saturated rings. The van der Waals surface area contributed by atoms with Crippen LogP contribution in [0.3, 0.4) is 0 Å². The SMILES string of the molecule is Oc1ccc2c3c1OC1C(O)CC[C@]4(O)[C@H](C2)N(CC2CCC2)CC[C@@]314. The Kier molecular flexibility index (Phi) is 2.99. The van der Waals surface area contributed by atoms with Gasteiger partial charge in [0.25, 0.3) is 0 Å². The number of aliphatic hydroxyl groups is 2. The average molecular weight is 357 g/mol. The number of aromatic hydroxyl groups is 1. The first-order chi connectivity index (χ1) is 12.5. The number of hydrogen-bond donors (Lipinski definition) is 3. The number of ether oxygens (including phenoxy) is 1. The molecule has 5 aliphatic rings. The maximum atomic E-state index is 12.1. The quantitative estimate of drug-likeness (QED) is 0.751. The number of hydrogen-bond acceptors (Lipinski definition) is 5. The van der Waals surface area contributed by atoms with Gasteiger partial charge in [0.2, 0.25) is 0 Å². The van der Waals surface area contributed by atoms with Gasteiger partial charge < -0.3 is 20.1 Å². The Balaban J connectivity index is 1.52. The van der Waals surface area contributed by atoms with Crippen LogP contribution in [0.2, 0.25) is 0 Å². The summed E-state index contributed by atoms with van der Waals surface area (Å²) in [5, 5.41) is 33.2. The normalized spacial score (nSPS) is 43.5. The monoisotopic (exact) mass is 357 g/mol. The third kappa shape index (κ3) is 1.64. The summed E-state index contributed by atoms with van der Waals surface area (Å²) in [6.07, 6.45) is 5.68. The zero-order valence-corrected chi connectivity index (χ0v) is 15.0. The van der Waals surface area contributed by atoms with E-state index in [9.17, 15) is 15.3 Å². The molecule has 5 nitrogen and oxygen atoms in total. The summed E-state index contributed by atoms with van der Waals surface area (Å²) < 4.78 is 6.16. The van der Waals surface area contributed by atoms with Crippen molar-refractivity contribution in [2.75, 3.05) is 13.1 Å². The van der Waals surface area contributed by atoms with Crippen molar-refractivity contribution in [3.63, 3.8) is 0 Å². The van der Waals surface area contributed by atoms with Gasteiger partial charge in [0.05, 0.1) is 17.1 Å². The number of phenolic OH excluding ortho intramolecular Hbond substituents is 1. The van der Waals surface area contributed by atoms with Gasteiger partial charge in [-0.2, -0.15) is 0 Å². The minimum Gasteiger partial charge on any atom is -0.504 e. The van der Waals surface area contributed by atoms with Crippen LogP contribution in [-0.4, -0.2) is 57.2 Å². The smallest absolute Gasteiger partial charge is 0.165 e. The fraction of sp³-hybridized carbons (Fsp3) is 0.714. The van der Waals surface area contributed by atoms with E-state index in [1.807, 2.05) is 6.07 Å². The van der Waals surface area contributed by atoms with Crippen molar-refractivity contribution < 1.29 is 20.1 Å². The average Bonchev–Trinajstić information content (AvgIpc) is 2.93. The summed E-state index contributed by atoms with van der Waals surface area (Å²) in [6.45, 7) is 2.02. The molecule has 1 aromatic rings. The summed E-state index contributed by atoms with van der Waals surface area (Å²) in [4.78, 5) is 2.53. The zero-order chi connectivity index (χ0) is 17.7. The molecule has 0 amide bonds. The van der Waals surface area contributed by atoms with E-state index < -0.39 is 23.2 Å². The van der Waals surface area contributed by atoms with Crippen molar-refractivity contribution in [1.29, 1.82) is 0 Å². The van der Waals surface area contributed by atoms with E-state index in [2.05, 4.69) is 4.90 Å². The highest BCUT2D eigenvalue weighted by atomic mass is 16.5. The molecule has 140 valence electrons. The summed E-state index contributed by atoms with van der Waals surface area (Å²) in [5.74, 6) is 1.42. The number of nitrogens with zero attached hydrogens (tertiary/aromatic N) is 1. The summed E-state index contributed by atoms with van der Waals surface area (Å²) in [7, 11) is 0. The standard InChI is InChI=1S/C21H27NO4/c23-14-5-4-13-10-16-21(25)7-6-15(24)19-20(21,17(13)18(14)26-19)8-9-22(16)11-12-2-1-3-12/h4-5,12,15-16,19,23-25H,1-3,6-11H2/t15?,16-,19?,20+,21-/m0/s1. The van der Waals surface area contributed by atoms with E-state index in [0.717, 1.165) is 37.4 Å². The van der Waals surface area contributed by atoms with E-state index in [-0.39, 0.29) is 11.8 Å². The van der Waals surface area contributed by atoms with Gasteiger partial charge in [-0.1, -0.05) is 12.5 Å². The lowest BCUT2D eigenvalue weighted by molar-refractivity contribution is -0.209. The zero-order valence-electron chi connectivity index (χ0n) is 15.0. The minimum absolute atomic E-state index is 0.0819. The summed E-state index contributed by atoms with van der Waals surface area (Å²) in [6, 6.07) is 3.80. The molecule has 2 unspecified atom stereocenters. The van der Waals surface area contributed by atoms with Crippen LogP contribution >= 0.6 is 0 Å². The number of aliphatic hydroxyl groups excluding tert-OH is 1. The molecular weight excluding hydrogens is 330 g/mol. The molecular formula is C21H27NO4. The number of phenols is 1. The van der Waals surface area contributed by atoms with Gasteiger partial charge in [-0.3, -0.25) is 4.90 Å². The fourth-order valence-electron chi connectivity index (χ4n) is 6.83. The van der Waals surface area contributed by atoms with E-state index in [1.54, 1.807) is 6.07 Å². The third-order valence-corrected chi connectivity index (χ3v) is 8.26. The minimum atomic E-state index is -0.884. The highest BCUT2D eigenvalue weighted by Crippen LogP contribution is 2.65. The highest BCUT2D eigenvalue weighted by molar-refractivity contribution is 5.62. The second-order valence-electron chi connectivity index (χ2n) is 9.25. The maximum Gasteiger partial charge on any atom is 0.165 e. The molecule has 0 radical (unpaired) electrons. The van der Waals surface area contributed by atoms with Crippen LogP contribution < -0.4 is 4.74 Å². The van der Waals surface area contributed by atoms with Gasteiger partial charge in [-0.25, -0.2) is 0 Å². The van der Waals surface area contributed by atoms with E-state index >= 15 is 0 Å². The first-order valence-electron chi connectivity index (χ1n) is 10.2. The lowest BCUT2D eigenvalue weighted by atomic mass is 9.48. The van der Waals surface area contributed by atoms with E-state index in [1.165, 1.54) is 24.8 Å². The van der Waals surface area contributed by atoms with E-state index in [0.29, 0.717) is 18.6 Å². The van der Waals surface area contributed by atoms with Gasteiger partial charge in [-0.05, 0) is 62.6 Å². The van der Waals surface area contributed by atoms with Crippen LogP contribution in [0.25, 0.3) is 0 Å². The fourth-order valence-corrected chi connectivity index (χ4v) is 6.83. The lowest BCUT2D eigenvalue weighted by Crippen LogP contribution is -2.77. The Morgan fingerprint density at radius 2 is 2.04 bits per heavy atom. The molecule has 1 aromatic carbocycles. The van der Waals surface area contributed by atoms with Crippen molar-refractivity contribution in [2.24, 2.45) is 5.92 Å². The molecule has 1 spiro atoms. The molecule has 3 N–H and O–H groups in total. The van der Waals surface area contributed by atoms with Crippen molar-refractivity contribution >= 4 is 0 Å². The number of rotatable bonds is 2. The Bertz CT molecular complexity index is 778. The highest BCUT2D eigenvalue weighted by Gasteiger charge is 2.72. The van der Waals surface area contributed by atoms with Crippen LogP contribution in [0.15, 0.2) is 12.1 Å². The topological polar surface area (TPSA) is 73.2 Å². The van der Waals surface area contributed by atoms with Crippen molar-refractivity contribution in [2.45, 2.75) is 74.2 Å². The summed E-state index contributed by atoms with van der Waals surface area (Å²) in [5.41, 5.74) is 0.712. The van der Waals surface area contributed by atoms with Crippen LogP contribution in [0.1, 0.15) is 49.7 Å². The van der Waals surface area contributed by atoms with E-state index in [4.69, 9.17) is 4.74 Å². The number of piperidine rings is 1. The van der Waals surface area contributed by atoms with Crippen LogP contribution in [-0.2, 0) is 11.8 Å². The number of likely N-dealkylation sites (tertiary alicyclic amines) is 1. The second kappa shape index (κ2) is 4.94. The Hall–Kier alpha value is -1.30. The van der Waals surface area contributed by atoms with Gasteiger partial charge in [0.1, 0.15) is 6.10 Å². The summed E-state index contributed by atoms with van der Waals surface area (Å²) >= 11 is 0. The largest absolute Gasteiger partial charge is 0.504 e. The van der Waals surface area contributed by atoms with Gasteiger partial charge in [-0.15, -0.1) is 0 Å². The molecule has 2 aliphatic heterocycles. The third-order valence-electron chi connectivity index (χ3n) is 8.26. The van der Waals surface area contributed by atoms with Crippen LogP contribution in [0, 0.1) is 5.92 Å². The molecule has 5 heteroatoms. The molecule has 5 atom stereocenters. The van der Waals surface area contributed by atoms with Gasteiger partial charge in [0.15, 0.2) is 11.5 Å². The molecule has 6 rings (SSSR count). The lowest BCUT2D eigenvalue weighted by Gasteiger charge is -2.64. The molecule has 3 aliphatic carbocycles. The van der Waals surface area contributed by atoms with Crippen LogP contribution in [0.4, 0.5) is 0 Å². The molecule has 1 saturated heterocycles.